The molecule has 0 bridgehead atoms. The van der Waals surface area contributed by atoms with Gasteiger partial charge in [-0.25, -0.2) is 4.79 Å². The van der Waals surface area contributed by atoms with Crippen LogP contribution in [0.1, 0.15) is 51.9 Å². The standard InChI is InChI=1S/C13H24N2O3/c1-10(4-2-6-12(16)17)15-13(18)14-9-3-5-11-7-8-11/h10-11H,2-9H2,1H3,(H,16,17)(H2,14,15,18). The molecular weight excluding hydrogens is 232 g/mol. The highest BCUT2D eigenvalue weighted by atomic mass is 16.4. The lowest BCUT2D eigenvalue weighted by atomic mass is 10.1. The molecule has 18 heavy (non-hydrogen) atoms. The molecular formula is C13H24N2O3. The number of carbonyl (C=O) groups excluding carboxylic acids is 1. The number of hydrogen-bond acceptors (Lipinski definition) is 2. The number of amides is 2. The molecule has 1 saturated carbocycles. The number of urea groups is 1. The summed E-state index contributed by atoms with van der Waals surface area (Å²) in [6.45, 7) is 2.62. The van der Waals surface area contributed by atoms with Gasteiger partial charge in [-0.2, -0.15) is 0 Å². The van der Waals surface area contributed by atoms with Gasteiger partial charge in [0.05, 0.1) is 0 Å². The van der Waals surface area contributed by atoms with E-state index in [1.165, 1.54) is 19.3 Å². The minimum absolute atomic E-state index is 0.0211. The predicted molar refractivity (Wildman–Crippen MR) is 69.4 cm³/mol. The lowest BCUT2D eigenvalue weighted by Crippen LogP contribution is -2.41. The minimum atomic E-state index is -0.785. The predicted octanol–water partition coefficient (Wildman–Crippen LogP) is 2.12. The van der Waals surface area contributed by atoms with Gasteiger partial charge in [0, 0.05) is 19.0 Å². The SMILES string of the molecule is CC(CCCC(=O)O)NC(=O)NCCCC1CC1. The highest BCUT2D eigenvalue weighted by Gasteiger charge is 2.20. The first-order valence-corrected chi connectivity index (χ1v) is 6.84. The van der Waals surface area contributed by atoms with Gasteiger partial charge in [0.25, 0.3) is 0 Å². The largest absolute Gasteiger partial charge is 0.481 e. The van der Waals surface area contributed by atoms with Crippen LogP contribution in [-0.4, -0.2) is 29.7 Å². The molecule has 0 aromatic rings. The zero-order valence-electron chi connectivity index (χ0n) is 11.1. The number of rotatable bonds is 9. The van der Waals surface area contributed by atoms with Crippen molar-refractivity contribution in [3.63, 3.8) is 0 Å². The molecule has 0 aromatic carbocycles. The van der Waals surface area contributed by atoms with Gasteiger partial charge in [-0.15, -0.1) is 0 Å². The van der Waals surface area contributed by atoms with Crippen molar-refractivity contribution in [3.05, 3.63) is 0 Å². The fourth-order valence-corrected chi connectivity index (χ4v) is 1.91. The van der Waals surface area contributed by atoms with E-state index in [1.807, 2.05) is 6.92 Å². The average molecular weight is 256 g/mol. The van der Waals surface area contributed by atoms with Crippen molar-refractivity contribution in [1.82, 2.24) is 10.6 Å². The van der Waals surface area contributed by atoms with Gasteiger partial charge in [0.1, 0.15) is 0 Å². The number of aliphatic carboxylic acids is 1. The molecule has 0 aromatic heterocycles. The molecule has 1 fully saturated rings. The van der Waals surface area contributed by atoms with Gasteiger partial charge >= 0.3 is 12.0 Å². The second-order valence-electron chi connectivity index (χ2n) is 5.17. The van der Waals surface area contributed by atoms with Gasteiger partial charge in [-0.05, 0) is 38.5 Å². The Morgan fingerprint density at radius 2 is 2.06 bits per heavy atom. The molecule has 5 nitrogen and oxygen atoms in total. The Morgan fingerprint density at radius 1 is 1.33 bits per heavy atom. The summed E-state index contributed by atoms with van der Waals surface area (Å²) in [5.41, 5.74) is 0. The first kappa shape index (κ1) is 14.8. The van der Waals surface area contributed by atoms with Gasteiger partial charge in [-0.1, -0.05) is 12.8 Å². The van der Waals surface area contributed by atoms with Crippen molar-refractivity contribution in [3.8, 4) is 0 Å². The third kappa shape index (κ3) is 7.92. The zero-order valence-corrected chi connectivity index (χ0v) is 11.1. The second-order valence-corrected chi connectivity index (χ2v) is 5.17. The summed E-state index contributed by atoms with van der Waals surface area (Å²) in [4.78, 5) is 21.8. The number of nitrogens with one attached hydrogen (secondary N) is 2. The Morgan fingerprint density at radius 3 is 2.67 bits per heavy atom. The third-order valence-corrected chi connectivity index (χ3v) is 3.18. The van der Waals surface area contributed by atoms with E-state index in [-0.39, 0.29) is 18.5 Å². The number of hydrogen-bond donors (Lipinski definition) is 3. The molecule has 1 unspecified atom stereocenters. The first-order chi connectivity index (χ1) is 8.58. The van der Waals surface area contributed by atoms with Crippen LogP contribution in [0.3, 0.4) is 0 Å². The van der Waals surface area contributed by atoms with Gasteiger partial charge < -0.3 is 15.7 Å². The minimum Gasteiger partial charge on any atom is -0.481 e. The maximum atomic E-state index is 11.5. The van der Waals surface area contributed by atoms with Crippen LogP contribution in [-0.2, 0) is 4.79 Å². The van der Waals surface area contributed by atoms with Crippen LogP contribution >= 0.6 is 0 Å². The zero-order chi connectivity index (χ0) is 13.4. The molecule has 1 aliphatic carbocycles. The Hall–Kier alpha value is -1.26. The molecule has 2 amide bonds. The summed E-state index contributed by atoms with van der Waals surface area (Å²) in [5, 5.41) is 14.1. The van der Waals surface area contributed by atoms with Crippen LogP contribution in [0.5, 0.6) is 0 Å². The molecule has 0 spiro atoms. The lowest BCUT2D eigenvalue weighted by Gasteiger charge is -2.14. The van der Waals surface area contributed by atoms with Crippen molar-refractivity contribution in [2.75, 3.05) is 6.54 Å². The lowest BCUT2D eigenvalue weighted by molar-refractivity contribution is -0.137. The van der Waals surface area contributed by atoms with E-state index >= 15 is 0 Å². The van der Waals surface area contributed by atoms with Gasteiger partial charge in [0.2, 0.25) is 0 Å². The van der Waals surface area contributed by atoms with Crippen molar-refractivity contribution in [2.45, 2.75) is 57.9 Å². The Kier molecular flexibility index (Phi) is 6.54. The highest BCUT2D eigenvalue weighted by Crippen LogP contribution is 2.33. The Bertz CT molecular complexity index is 277. The topological polar surface area (TPSA) is 78.4 Å². The molecule has 104 valence electrons. The normalized spacial score (nSPS) is 16.1. The highest BCUT2D eigenvalue weighted by molar-refractivity contribution is 5.74. The molecule has 1 atom stereocenters. The van der Waals surface area contributed by atoms with E-state index in [4.69, 9.17) is 5.11 Å². The summed E-state index contributed by atoms with van der Waals surface area (Å²) in [6, 6.07) is -0.124. The van der Waals surface area contributed by atoms with Crippen LogP contribution in [0, 0.1) is 5.92 Å². The molecule has 0 radical (unpaired) electrons. The Labute approximate surface area is 108 Å². The second kappa shape index (κ2) is 7.95. The molecule has 0 saturated heterocycles. The maximum Gasteiger partial charge on any atom is 0.314 e. The summed E-state index contributed by atoms with van der Waals surface area (Å²) < 4.78 is 0. The van der Waals surface area contributed by atoms with Crippen molar-refractivity contribution >= 4 is 12.0 Å². The summed E-state index contributed by atoms with van der Waals surface area (Å²) in [7, 11) is 0. The van der Waals surface area contributed by atoms with Gasteiger partial charge in [0.15, 0.2) is 0 Å². The van der Waals surface area contributed by atoms with E-state index < -0.39 is 5.97 Å². The molecule has 1 aliphatic rings. The number of carboxylic acids is 1. The monoisotopic (exact) mass is 256 g/mol. The summed E-state index contributed by atoms with van der Waals surface area (Å²) >= 11 is 0. The van der Waals surface area contributed by atoms with E-state index in [0.29, 0.717) is 12.8 Å². The average Bonchev–Trinajstić information content (AvgIpc) is 3.07. The van der Waals surface area contributed by atoms with E-state index in [1.54, 1.807) is 0 Å². The van der Waals surface area contributed by atoms with E-state index in [0.717, 1.165) is 18.9 Å². The fourth-order valence-electron chi connectivity index (χ4n) is 1.91. The molecule has 1 rings (SSSR count). The van der Waals surface area contributed by atoms with Crippen LogP contribution in [0.25, 0.3) is 0 Å². The van der Waals surface area contributed by atoms with Gasteiger partial charge in [-0.3, -0.25) is 4.79 Å². The van der Waals surface area contributed by atoms with E-state index in [9.17, 15) is 9.59 Å². The van der Waals surface area contributed by atoms with Crippen molar-refractivity contribution in [1.29, 1.82) is 0 Å². The third-order valence-electron chi connectivity index (χ3n) is 3.18. The molecule has 3 N–H and O–H groups in total. The van der Waals surface area contributed by atoms with Crippen LogP contribution < -0.4 is 10.6 Å². The maximum absolute atomic E-state index is 11.5. The summed E-state index contributed by atoms with van der Waals surface area (Å²) in [6.07, 6.45) is 6.43. The smallest absolute Gasteiger partial charge is 0.314 e. The summed E-state index contributed by atoms with van der Waals surface area (Å²) in [5.74, 6) is 0.122. The quantitative estimate of drug-likeness (QED) is 0.553. The number of carboxylic acid groups (broad SMARTS) is 1. The first-order valence-electron chi connectivity index (χ1n) is 6.84. The van der Waals surface area contributed by atoms with Crippen LogP contribution in [0.4, 0.5) is 4.79 Å². The Balaban J connectivity index is 1.94. The molecule has 5 heteroatoms. The fraction of sp³-hybridized carbons (Fsp3) is 0.846. The van der Waals surface area contributed by atoms with Crippen LogP contribution in [0.2, 0.25) is 0 Å². The van der Waals surface area contributed by atoms with Crippen molar-refractivity contribution < 1.29 is 14.7 Å². The molecule has 0 aliphatic heterocycles. The van der Waals surface area contributed by atoms with E-state index in [2.05, 4.69) is 10.6 Å². The molecule has 0 heterocycles. The van der Waals surface area contributed by atoms with Crippen molar-refractivity contribution in [2.24, 2.45) is 5.92 Å². The number of carbonyl (C=O) groups is 2. The van der Waals surface area contributed by atoms with Crippen LogP contribution in [0.15, 0.2) is 0 Å².